The van der Waals surface area contributed by atoms with Gasteiger partial charge in [-0.3, -0.25) is 4.68 Å². The predicted octanol–water partition coefficient (Wildman–Crippen LogP) is 3.19. The molecule has 0 bridgehead atoms. The van der Waals surface area contributed by atoms with Crippen molar-refractivity contribution in [3.05, 3.63) is 17.5 Å². The second kappa shape index (κ2) is 4.81. The van der Waals surface area contributed by atoms with E-state index in [0.717, 1.165) is 6.54 Å². The molecule has 0 aromatic carbocycles. The molecule has 1 N–H and O–H groups in total. The van der Waals surface area contributed by atoms with E-state index >= 15 is 0 Å². The van der Waals surface area contributed by atoms with Crippen LogP contribution in [0.25, 0.3) is 0 Å². The topological polar surface area (TPSA) is 29.9 Å². The van der Waals surface area contributed by atoms with Gasteiger partial charge in [0.25, 0.3) is 0 Å². The van der Waals surface area contributed by atoms with Crippen molar-refractivity contribution in [3.8, 4) is 0 Å². The van der Waals surface area contributed by atoms with Crippen LogP contribution in [0.5, 0.6) is 0 Å². The van der Waals surface area contributed by atoms with E-state index in [1.807, 2.05) is 6.20 Å². The van der Waals surface area contributed by atoms with E-state index < -0.39 is 0 Å². The highest BCUT2D eigenvalue weighted by atomic mass is 15.3. The lowest BCUT2D eigenvalue weighted by Gasteiger charge is -2.20. The lowest BCUT2D eigenvalue weighted by molar-refractivity contribution is 0.421. The molecule has 96 valence electrons. The van der Waals surface area contributed by atoms with Crippen molar-refractivity contribution in [3.63, 3.8) is 0 Å². The Bertz CT molecular complexity index is 367. The fraction of sp³-hybridized carbons (Fsp3) is 0.786. The first-order valence-corrected chi connectivity index (χ1v) is 6.75. The summed E-state index contributed by atoms with van der Waals surface area (Å²) in [5.41, 5.74) is 2.85. The van der Waals surface area contributed by atoms with Gasteiger partial charge in [-0.25, -0.2) is 0 Å². The monoisotopic (exact) mass is 235 g/mol. The first-order chi connectivity index (χ1) is 7.97. The van der Waals surface area contributed by atoms with Crippen LogP contribution in [-0.4, -0.2) is 15.3 Å². The molecule has 1 aliphatic rings. The van der Waals surface area contributed by atoms with Crippen molar-refractivity contribution in [2.45, 2.75) is 71.5 Å². The largest absolute Gasteiger partial charge is 0.308 e. The Balaban J connectivity index is 2.04. The van der Waals surface area contributed by atoms with E-state index in [9.17, 15) is 0 Å². The van der Waals surface area contributed by atoms with Gasteiger partial charge in [0, 0.05) is 23.3 Å². The first kappa shape index (κ1) is 12.6. The van der Waals surface area contributed by atoms with Crippen LogP contribution in [0.2, 0.25) is 0 Å². The Morgan fingerprint density at radius 2 is 2.00 bits per heavy atom. The van der Waals surface area contributed by atoms with Gasteiger partial charge in [-0.15, -0.1) is 0 Å². The Morgan fingerprint density at radius 3 is 2.59 bits per heavy atom. The highest BCUT2D eigenvalue weighted by Gasteiger charge is 2.20. The van der Waals surface area contributed by atoms with Gasteiger partial charge < -0.3 is 5.32 Å². The van der Waals surface area contributed by atoms with Crippen LogP contribution in [0.4, 0.5) is 0 Å². The second-order valence-corrected chi connectivity index (χ2v) is 6.24. The van der Waals surface area contributed by atoms with E-state index in [4.69, 9.17) is 0 Å². The van der Waals surface area contributed by atoms with E-state index in [2.05, 4.69) is 42.8 Å². The van der Waals surface area contributed by atoms with Crippen LogP contribution < -0.4 is 5.32 Å². The SMILES string of the molecule is Cc1c(CNC(C)(C)C)cnn1C1CCCC1. The van der Waals surface area contributed by atoms with Gasteiger partial charge in [0.05, 0.1) is 12.2 Å². The molecule has 1 aliphatic carbocycles. The molecule has 0 saturated heterocycles. The molecule has 1 saturated carbocycles. The molecule has 3 nitrogen and oxygen atoms in total. The molecule has 0 aliphatic heterocycles. The highest BCUT2D eigenvalue weighted by Crippen LogP contribution is 2.30. The van der Waals surface area contributed by atoms with E-state index in [-0.39, 0.29) is 5.54 Å². The highest BCUT2D eigenvalue weighted by molar-refractivity contribution is 5.17. The Kier molecular flexibility index (Phi) is 3.57. The quantitative estimate of drug-likeness (QED) is 0.872. The minimum absolute atomic E-state index is 0.169. The summed E-state index contributed by atoms with van der Waals surface area (Å²) < 4.78 is 2.24. The van der Waals surface area contributed by atoms with Crippen molar-refractivity contribution in [2.24, 2.45) is 0 Å². The van der Waals surface area contributed by atoms with E-state index in [1.54, 1.807) is 0 Å². The van der Waals surface area contributed by atoms with Crippen LogP contribution in [0.15, 0.2) is 6.20 Å². The molecule has 2 rings (SSSR count). The number of rotatable bonds is 3. The molecule has 0 spiro atoms. The Labute approximate surface area is 105 Å². The van der Waals surface area contributed by atoms with Gasteiger partial charge in [0.15, 0.2) is 0 Å². The summed E-state index contributed by atoms with van der Waals surface area (Å²) in [6, 6.07) is 0.651. The zero-order valence-electron chi connectivity index (χ0n) is 11.6. The lowest BCUT2D eigenvalue weighted by Crippen LogP contribution is -2.35. The van der Waals surface area contributed by atoms with Crippen molar-refractivity contribution in [1.29, 1.82) is 0 Å². The fourth-order valence-corrected chi connectivity index (χ4v) is 2.51. The van der Waals surface area contributed by atoms with Crippen LogP contribution in [0, 0.1) is 6.92 Å². The number of hydrogen-bond donors (Lipinski definition) is 1. The van der Waals surface area contributed by atoms with Gasteiger partial charge in [0.1, 0.15) is 0 Å². The van der Waals surface area contributed by atoms with Crippen LogP contribution in [-0.2, 0) is 6.54 Å². The Morgan fingerprint density at radius 1 is 1.35 bits per heavy atom. The molecule has 0 amide bonds. The molecule has 3 heteroatoms. The summed E-state index contributed by atoms with van der Waals surface area (Å²) in [6.45, 7) is 9.71. The molecule has 1 aromatic rings. The number of nitrogens with zero attached hydrogens (tertiary/aromatic N) is 2. The van der Waals surface area contributed by atoms with Crippen molar-refractivity contribution in [1.82, 2.24) is 15.1 Å². The zero-order valence-corrected chi connectivity index (χ0v) is 11.6. The first-order valence-electron chi connectivity index (χ1n) is 6.75. The molecule has 0 atom stereocenters. The second-order valence-electron chi connectivity index (χ2n) is 6.24. The smallest absolute Gasteiger partial charge is 0.0537 e. The third-order valence-corrected chi connectivity index (χ3v) is 3.63. The molecular formula is C14H25N3. The number of nitrogens with one attached hydrogen (secondary N) is 1. The standard InChI is InChI=1S/C14H25N3/c1-11-12(9-15-14(2,3)4)10-16-17(11)13-7-5-6-8-13/h10,13,15H,5-9H2,1-4H3. The molecule has 1 aromatic heterocycles. The van der Waals surface area contributed by atoms with E-state index in [1.165, 1.54) is 36.9 Å². The van der Waals surface area contributed by atoms with Gasteiger partial charge in [-0.1, -0.05) is 12.8 Å². The normalized spacial score (nSPS) is 17.9. The zero-order chi connectivity index (χ0) is 12.5. The summed E-state index contributed by atoms with van der Waals surface area (Å²) >= 11 is 0. The van der Waals surface area contributed by atoms with Crippen molar-refractivity contribution < 1.29 is 0 Å². The number of aromatic nitrogens is 2. The average Bonchev–Trinajstić information content (AvgIpc) is 2.83. The summed E-state index contributed by atoms with van der Waals surface area (Å²) in [4.78, 5) is 0. The third kappa shape index (κ3) is 3.09. The minimum Gasteiger partial charge on any atom is -0.308 e. The minimum atomic E-state index is 0.169. The molecule has 0 unspecified atom stereocenters. The summed E-state index contributed by atoms with van der Waals surface area (Å²) in [7, 11) is 0. The molecule has 0 radical (unpaired) electrons. The molecule has 1 fully saturated rings. The van der Waals surface area contributed by atoms with Gasteiger partial charge >= 0.3 is 0 Å². The number of hydrogen-bond acceptors (Lipinski definition) is 2. The maximum absolute atomic E-state index is 4.58. The van der Waals surface area contributed by atoms with Crippen LogP contribution >= 0.6 is 0 Å². The molecular weight excluding hydrogens is 210 g/mol. The summed E-state index contributed by atoms with van der Waals surface area (Å²) in [5.74, 6) is 0. The predicted molar refractivity (Wildman–Crippen MR) is 71.1 cm³/mol. The summed E-state index contributed by atoms with van der Waals surface area (Å²) in [5, 5.41) is 8.10. The fourth-order valence-electron chi connectivity index (χ4n) is 2.51. The van der Waals surface area contributed by atoms with Gasteiger partial charge in [0.2, 0.25) is 0 Å². The molecule has 17 heavy (non-hydrogen) atoms. The van der Waals surface area contributed by atoms with E-state index in [0.29, 0.717) is 6.04 Å². The molecule has 1 heterocycles. The maximum atomic E-state index is 4.58. The van der Waals surface area contributed by atoms with Crippen molar-refractivity contribution in [2.75, 3.05) is 0 Å². The van der Waals surface area contributed by atoms with Crippen LogP contribution in [0.1, 0.15) is 63.8 Å². The third-order valence-electron chi connectivity index (χ3n) is 3.63. The van der Waals surface area contributed by atoms with Crippen LogP contribution in [0.3, 0.4) is 0 Å². The maximum Gasteiger partial charge on any atom is 0.0537 e. The average molecular weight is 235 g/mol. The lowest BCUT2D eigenvalue weighted by atomic mass is 10.1. The van der Waals surface area contributed by atoms with Crippen molar-refractivity contribution >= 4 is 0 Å². The summed E-state index contributed by atoms with van der Waals surface area (Å²) in [6.07, 6.45) is 7.36. The van der Waals surface area contributed by atoms with Gasteiger partial charge in [-0.05, 0) is 40.5 Å². The van der Waals surface area contributed by atoms with Gasteiger partial charge in [-0.2, -0.15) is 5.10 Å². The Hall–Kier alpha value is -0.830.